The normalized spacial score (nSPS) is 49.1. The minimum absolute atomic E-state index is 0.0356. The first-order valence-electron chi connectivity index (χ1n) is 9.13. The van der Waals surface area contributed by atoms with E-state index >= 15 is 0 Å². The van der Waals surface area contributed by atoms with Crippen LogP contribution in [-0.4, -0.2) is 70.2 Å². The van der Waals surface area contributed by atoms with Gasteiger partial charge in [0, 0.05) is 11.6 Å². The lowest BCUT2D eigenvalue weighted by Crippen LogP contribution is -2.62. The number of nitrogens with zero attached hydrogens (tertiary/aromatic N) is 1. The molecule has 4 saturated heterocycles. The zero-order valence-electron chi connectivity index (χ0n) is 15.6. The highest BCUT2D eigenvalue weighted by atomic mass is 16.8. The van der Waals surface area contributed by atoms with Gasteiger partial charge < -0.3 is 24.1 Å². The summed E-state index contributed by atoms with van der Waals surface area (Å²) in [5.41, 5.74) is -0.135. The molecule has 4 aliphatic heterocycles. The van der Waals surface area contributed by atoms with E-state index in [0.717, 1.165) is 12.8 Å². The lowest BCUT2D eigenvalue weighted by molar-refractivity contribution is -0.200. The highest BCUT2D eigenvalue weighted by Crippen LogP contribution is 2.50. The zero-order valence-corrected chi connectivity index (χ0v) is 15.6. The van der Waals surface area contributed by atoms with Gasteiger partial charge in [0.25, 0.3) is 0 Å². The number of hydrogen-bond donors (Lipinski definition) is 1. The molecule has 0 bridgehead atoms. The molecule has 0 spiro atoms. The SMILES string of the molecule is CC1(C)O[C@@H]2[C@H](O1)[C@H]1C[C@H](O)CC(C)(C)N1[C@H]2[C@H]1COC(C)(C)O1. The Balaban J connectivity index is 1.70. The van der Waals surface area contributed by atoms with Gasteiger partial charge in [-0.05, 0) is 54.4 Å². The predicted octanol–water partition coefficient (Wildman–Crippen LogP) is 1.64. The van der Waals surface area contributed by atoms with Crippen molar-refractivity contribution in [3.05, 3.63) is 0 Å². The summed E-state index contributed by atoms with van der Waals surface area (Å²) in [5.74, 6) is -1.16. The molecule has 0 amide bonds. The van der Waals surface area contributed by atoms with Crippen molar-refractivity contribution >= 4 is 0 Å². The Morgan fingerprint density at radius 1 is 0.917 bits per heavy atom. The third-order valence-corrected chi connectivity index (χ3v) is 5.92. The Morgan fingerprint density at radius 3 is 2.21 bits per heavy atom. The molecule has 0 aromatic carbocycles. The minimum Gasteiger partial charge on any atom is -0.393 e. The van der Waals surface area contributed by atoms with Gasteiger partial charge in [0.1, 0.15) is 18.3 Å². The molecule has 6 atom stereocenters. The highest BCUT2D eigenvalue weighted by Gasteiger charge is 2.65. The van der Waals surface area contributed by atoms with Crippen LogP contribution >= 0.6 is 0 Å². The number of rotatable bonds is 1. The molecule has 4 rings (SSSR count). The fourth-order valence-electron chi connectivity index (χ4n) is 5.34. The summed E-state index contributed by atoms with van der Waals surface area (Å²) in [6.45, 7) is 12.8. The molecular formula is C18H31NO5. The first-order valence-corrected chi connectivity index (χ1v) is 9.13. The van der Waals surface area contributed by atoms with Gasteiger partial charge >= 0.3 is 0 Å². The van der Waals surface area contributed by atoms with E-state index in [1.165, 1.54) is 0 Å². The van der Waals surface area contributed by atoms with Crippen LogP contribution in [-0.2, 0) is 18.9 Å². The number of hydrogen-bond acceptors (Lipinski definition) is 6. The molecule has 24 heavy (non-hydrogen) atoms. The van der Waals surface area contributed by atoms with Gasteiger partial charge in [0.2, 0.25) is 0 Å². The van der Waals surface area contributed by atoms with Crippen molar-refractivity contribution in [1.82, 2.24) is 4.90 Å². The summed E-state index contributed by atoms with van der Waals surface area (Å²) in [4.78, 5) is 2.49. The van der Waals surface area contributed by atoms with Crippen molar-refractivity contribution < 1.29 is 24.1 Å². The van der Waals surface area contributed by atoms with Crippen LogP contribution in [0.25, 0.3) is 0 Å². The molecule has 138 valence electrons. The smallest absolute Gasteiger partial charge is 0.163 e. The largest absolute Gasteiger partial charge is 0.393 e. The minimum atomic E-state index is -0.596. The van der Waals surface area contributed by atoms with Crippen LogP contribution in [0, 0.1) is 0 Å². The third kappa shape index (κ3) is 2.63. The van der Waals surface area contributed by atoms with Crippen LogP contribution in [0.3, 0.4) is 0 Å². The van der Waals surface area contributed by atoms with E-state index < -0.39 is 11.6 Å². The second-order valence-electron chi connectivity index (χ2n) is 9.30. The molecule has 0 radical (unpaired) electrons. The van der Waals surface area contributed by atoms with E-state index in [0.29, 0.717) is 6.61 Å². The molecule has 4 fully saturated rings. The number of aliphatic hydroxyl groups is 1. The van der Waals surface area contributed by atoms with Gasteiger partial charge in [-0.3, -0.25) is 4.90 Å². The summed E-state index contributed by atoms with van der Waals surface area (Å²) in [7, 11) is 0. The van der Waals surface area contributed by atoms with E-state index in [1.807, 2.05) is 27.7 Å². The molecule has 4 heterocycles. The van der Waals surface area contributed by atoms with E-state index in [9.17, 15) is 5.11 Å². The predicted molar refractivity (Wildman–Crippen MR) is 87.5 cm³/mol. The Kier molecular flexibility index (Phi) is 3.69. The van der Waals surface area contributed by atoms with Gasteiger partial charge in [-0.1, -0.05) is 0 Å². The Hall–Kier alpha value is -0.240. The molecule has 0 aliphatic carbocycles. The summed E-state index contributed by atoms with van der Waals surface area (Å²) in [5, 5.41) is 10.4. The van der Waals surface area contributed by atoms with Crippen LogP contribution in [0.2, 0.25) is 0 Å². The first kappa shape index (κ1) is 17.2. The Bertz CT molecular complexity index is 520. The van der Waals surface area contributed by atoms with Gasteiger partial charge in [-0.25, -0.2) is 0 Å². The van der Waals surface area contributed by atoms with Crippen LogP contribution < -0.4 is 0 Å². The second-order valence-corrected chi connectivity index (χ2v) is 9.30. The molecule has 0 saturated carbocycles. The van der Waals surface area contributed by atoms with E-state index in [4.69, 9.17) is 18.9 Å². The molecule has 6 heteroatoms. The maximum atomic E-state index is 10.4. The fraction of sp³-hybridized carbons (Fsp3) is 1.00. The van der Waals surface area contributed by atoms with Crippen LogP contribution in [0.1, 0.15) is 54.4 Å². The van der Waals surface area contributed by atoms with Crippen molar-refractivity contribution in [3.63, 3.8) is 0 Å². The van der Waals surface area contributed by atoms with E-state index in [2.05, 4.69) is 18.7 Å². The standard InChI is InChI=1S/C18H31NO5/c1-16(2)8-10(20)7-11-14-15(24-18(5,6)23-14)13(19(11)16)12-9-21-17(3,4)22-12/h10-15,20H,7-9H2,1-6H3/t10-,11+,12+,13-,14+,15-/m0/s1. The van der Waals surface area contributed by atoms with Gasteiger partial charge in [-0.15, -0.1) is 0 Å². The molecule has 0 aromatic rings. The molecule has 6 nitrogen and oxygen atoms in total. The van der Waals surface area contributed by atoms with Crippen LogP contribution in [0.4, 0.5) is 0 Å². The molecule has 0 aromatic heterocycles. The first-order chi connectivity index (χ1) is 11.0. The number of piperidine rings is 1. The van der Waals surface area contributed by atoms with Crippen molar-refractivity contribution in [2.45, 2.75) is 108 Å². The van der Waals surface area contributed by atoms with Crippen LogP contribution in [0.15, 0.2) is 0 Å². The topological polar surface area (TPSA) is 60.4 Å². The van der Waals surface area contributed by atoms with Gasteiger partial charge in [0.15, 0.2) is 11.6 Å². The quantitative estimate of drug-likeness (QED) is 0.782. The average molecular weight is 341 g/mol. The second kappa shape index (κ2) is 5.15. The zero-order chi connectivity index (χ0) is 17.5. The maximum Gasteiger partial charge on any atom is 0.163 e. The molecule has 4 aliphatic rings. The molecule has 0 unspecified atom stereocenters. The summed E-state index contributed by atoms with van der Waals surface area (Å²) >= 11 is 0. The lowest BCUT2D eigenvalue weighted by atomic mass is 9.84. The fourth-order valence-corrected chi connectivity index (χ4v) is 5.34. The number of aliphatic hydroxyl groups excluding tert-OH is 1. The van der Waals surface area contributed by atoms with Crippen molar-refractivity contribution in [2.24, 2.45) is 0 Å². The molecular weight excluding hydrogens is 310 g/mol. The van der Waals surface area contributed by atoms with Gasteiger partial charge in [0.05, 0.1) is 18.8 Å². The summed E-state index contributed by atoms with van der Waals surface area (Å²) in [6.07, 6.45) is 1.02. The van der Waals surface area contributed by atoms with Crippen molar-refractivity contribution in [3.8, 4) is 0 Å². The number of fused-ring (bicyclic) bond motifs is 3. The summed E-state index contributed by atoms with van der Waals surface area (Å²) < 4.78 is 24.6. The van der Waals surface area contributed by atoms with E-state index in [-0.39, 0.29) is 42.0 Å². The number of ether oxygens (including phenoxy) is 4. The monoisotopic (exact) mass is 341 g/mol. The Labute approximate surface area is 144 Å². The van der Waals surface area contributed by atoms with E-state index in [1.54, 1.807) is 0 Å². The lowest BCUT2D eigenvalue weighted by Gasteiger charge is -2.50. The van der Waals surface area contributed by atoms with Crippen LogP contribution in [0.5, 0.6) is 0 Å². The third-order valence-electron chi connectivity index (χ3n) is 5.92. The average Bonchev–Trinajstić information content (AvgIpc) is 2.98. The molecule has 1 N–H and O–H groups in total. The Morgan fingerprint density at radius 2 is 1.58 bits per heavy atom. The summed E-state index contributed by atoms with van der Waals surface area (Å²) in [6, 6.07) is 0.221. The maximum absolute atomic E-state index is 10.4. The van der Waals surface area contributed by atoms with Crippen molar-refractivity contribution in [2.75, 3.05) is 6.61 Å². The highest BCUT2D eigenvalue weighted by molar-refractivity contribution is 5.15. The van der Waals surface area contributed by atoms with Gasteiger partial charge in [-0.2, -0.15) is 0 Å². The van der Waals surface area contributed by atoms with Crippen molar-refractivity contribution in [1.29, 1.82) is 0 Å².